The third-order valence-electron chi connectivity index (χ3n) is 32.1. The van der Waals surface area contributed by atoms with Crippen molar-refractivity contribution in [1.29, 1.82) is 15.8 Å². The van der Waals surface area contributed by atoms with Gasteiger partial charge in [-0.05, 0) is 334 Å². The van der Waals surface area contributed by atoms with Crippen LogP contribution in [0.1, 0.15) is 183 Å². The van der Waals surface area contributed by atoms with Crippen LogP contribution in [0.3, 0.4) is 0 Å². The molecule has 0 unspecified atom stereocenters. The van der Waals surface area contributed by atoms with E-state index in [0.717, 1.165) is 106 Å². The second-order valence-electron chi connectivity index (χ2n) is 40.5. The van der Waals surface area contributed by atoms with Crippen molar-refractivity contribution in [2.75, 3.05) is 0 Å². The summed E-state index contributed by atoms with van der Waals surface area (Å²) in [4.78, 5) is 13.2. The smallest absolute Gasteiger partial charge is 0.226 e. The molecular weight excluding hydrogens is 1600 g/mol. The molecule has 132 heavy (non-hydrogen) atoms. The van der Waals surface area contributed by atoms with Gasteiger partial charge in [0.1, 0.15) is 30.9 Å². The van der Waals surface area contributed by atoms with Crippen LogP contribution in [0.15, 0.2) is 308 Å². The van der Waals surface area contributed by atoms with E-state index >= 15 is 0 Å². The van der Waals surface area contributed by atoms with Crippen molar-refractivity contribution in [2.24, 2.45) is 0 Å². The SMILES string of the molecule is [C-]#[N+]C([N+]#[C-])=C1c2cc(-c3ccc4c(c3)-c3ccccc3C4(C)C)c(-c3ccc4c(c3)C(C)(C)c3ccccc3-4)cc2-c2c3c(c4c(c21)-c1cc(-c2ccc5c(c2)C(C)(C)c2ccccc2-5)c(-c2ccc5c(c2)C(C)(C)c2ccccc2-5)cc1/C4=C(/C#N)[N+]#[C-])-c1cc(-c2ccc4c(c2)C(C)(C)c2ccccc2-4)c(-c2ccc4c(c2)C(C)(C)c2ccccc2-4)cc1C3=C(C#N)C#N. The molecule has 6 heteroatoms. The predicted octanol–water partition coefficient (Wildman–Crippen LogP) is 32.1. The first-order valence-corrected chi connectivity index (χ1v) is 45.6. The molecule has 16 aromatic rings. The largest absolute Gasteiger partial charge is 0.527 e. The van der Waals surface area contributed by atoms with E-state index < -0.39 is 27.1 Å². The first-order chi connectivity index (χ1) is 63.8. The molecule has 0 saturated heterocycles. The van der Waals surface area contributed by atoms with E-state index in [9.17, 15) is 35.5 Å². The van der Waals surface area contributed by atoms with E-state index in [1.807, 2.05) is 0 Å². The lowest BCUT2D eigenvalue weighted by Gasteiger charge is -2.24. The lowest BCUT2D eigenvalue weighted by Crippen LogP contribution is -2.15. The molecule has 9 aliphatic carbocycles. The second kappa shape index (κ2) is 26.7. The van der Waals surface area contributed by atoms with Gasteiger partial charge in [0.15, 0.2) is 0 Å². The molecular formula is C126H84N6. The van der Waals surface area contributed by atoms with Crippen molar-refractivity contribution in [3.05, 3.63) is 443 Å². The normalized spacial score (nSPS) is 16.0. The molecule has 0 heterocycles. The molecule has 25 rings (SSSR count). The van der Waals surface area contributed by atoms with Crippen molar-refractivity contribution in [2.45, 2.75) is 116 Å². The molecule has 0 radical (unpaired) electrons. The van der Waals surface area contributed by atoms with Crippen molar-refractivity contribution in [3.63, 3.8) is 0 Å². The molecule has 16 aromatic carbocycles. The van der Waals surface area contributed by atoms with Gasteiger partial charge in [-0.25, -0.2) is 10.1 Å². The minimum absolute atomic E-state index is 0.147. The molecule has 0 aliphatic heterocycles. The second-order valence-corrected chi connectivity index (χ2v) is 40.5. The summed E-state index contributed by atoms with van der Waals surface area (Å²) in [6, 6.07) is 115. The molecule has 0 atom stereocenters. The van der Waals surface area contributed by atoms with Gasteiger partial charge >= 0.3 is 5.82 Å². The highest BCUT2D eigenvalue weighted by Gasteiger charge is 2.50. The Morgan fingerprint density at radius 3 is 0.712 bits per heavy atom. The van der Waals surface area contributed by atoms with E-state index in [1.165, 1.54) is 94.6 Å². The number of hydrogen-bond donors (Lipinski definition) is 0. The summed E-state index contributed by atoms with van der Waals surface area (Å²) in [5, 5.41) is 37.1. The Bertz CT molecular complexity index is 8270. The van der Waals surface area contributed by atoms with E-state index in [4.69, 9.17) is 0 Å². The number of hydrogen-bond acceptors (Lipinski definition) is 3. The highest BCUT2D eigenvalue weighted by atomic mass is 14.9. The number of rotatable bonds is 6. The maximum Gasteiger partial charge on any atom is 0.527 e. The van der Waals surface area contributed by atoms with Crippen molar-refractivity contribution >= 4 is 16.7 Å². The molecule has 618 valence electrons. The third-order valence-corrected chi connectivity index (χ3v) is 32.1. The fourth-order valence-electron chi connectivity index (χ4n) is 25.6. The number of benzene rings is 16. The summed E-state index contributed by atoms with van der Waals surface area (Å²) in [5.74, 6) is -0.184. The van der Waals surface area contributed by atoms with Crippen LogP contribution in [0, 0.1) is 53.7 Å². The summed E-state index contributed by atoms with van der Waals surface area (Å²) in [6.45, 7) is 56.5. The van der Waals surface area contributed by atoms with Crippen LogP contribution in [-0.2, 0) is 32.5 Å². The minimum atomic E-state index is -0.407. The summed E-state index contributed by atoms with van der Waals surface area (Å²) in [7, 11) is 0. The maximum atomic E-state index is 12.4. The Labute approximate surface area is 770 Å². The molecule has 0 saturated carbocycles. The van der Waals surface area contributed by atoms with Crippen molar-refractivity contribution < 1.29 is 0 Å². The van der Waals surface area contributed by atoms with Gasteiger partial charge in [0.2, 0.25) is 0 Å². The number of fused-ring (bicyclic) bond motifs is 30. The fourth-order valence-corrected chi connectivity index (χ4v) is 25.6. The van der Waals surface area contributed by atoms with Crippen molar-refractivity contribution in [3.8, 4) is 185 Å². The van der Waals surface area contributed by atoms with E-state index in [1.54, 1.807) is 0 Å². The predicted molar refractivity (Wildman–Crippen MR) is 535 cm³/mol. The monoisotopic (exact) mass is 1680 g/mol. The summed E-state index contributed by atoms with van der Waals surface area (Å²) in [6.07, 6.45) is 0. The third kappa shape index (κ3) is 10.0. The van der Waals surface area contributed by atoms with Gasteiger partial charge in [-0.15, -0.1) is 0 Å². The van der Waals surface area contributed by atoms with Crippen LogP contribution in [0.5, 0.6) is 0 Å². The number of allylic oxidation sites excluding steroid dienone is 2. The van der Waals surface area contributed by atoms with Gasteiger partial charge in [-0.1, -0.05) is 301 Å². The summed E-state index contributed by atoms with van der Waals surface area (Å²) >= 11 is 0. The molecule has 0 N–H and O–H groups in total. The fraction of sp³-hybridized carbons (Fsp3) is 0.143. The van der Waals surface area contributed by atoms with Gasteiger partial charge in [0.25, 0.3) is 5.70 Å². The molecule has 0 bridgehead atoms. The molecule has 0 spiro atoms. The Morgan fingerprint density at radius 1 is 0.197 bits per heavy atom. The molecule has 0 aromatic heterocycles. The molecule has 9 aliphatic rings. The highest BCUT2D eigenvalue weighted by Crippen LogP contribution is 2.69. The summed E-state index contributed by atoms with van der Waals surface area (Å²) < 4.78 is 0. The molecule has 0 fully saturated rings. The first kappa shape index (κ1) is 78.0. The zero-order valence-electron chi connectivity index (χ0n) is 75.4. The van der Waals surface area contributed by atoms with Gasteiger partial charge < -0.3 is 0 Å². The van der Waals surface area contributed by atoms with Gasteiger partial charge in [-0.2, -0.15) is 20.2 Å². The Kier molecular flexibility index (Phi) is 15.8. The Balaban J connectivity index is 0.851. The minimum Gasteiger partial charge on any atom is -0.226 e. The average Bonchev–Trinajstić information content (AvgIpc) is 1.49. The standard InChI is InChI=1S/C126H84N6/c1-121(2)103-39-27-21-33-79(103)91-52-67(45-51-104(91)121)85-63-97-96(62-88(85)70-42-48-82-76-30-18-24-36-100(76)124(7,8)107(82)55-70)114-117-111(73(64-127)65-128)92-58-86(68-40-46-80-74-28-16-22-34-98(74)122(3,4)105(80)53-68)89(71-43-49-83-77-31-19-25-37-101(77)125(9,10)108(83)56-71)60-94(92)113(117)118-112(110(66-129)130-13)93-59-87(69-41-47-81-75-29-17-23-35-99(75)123(5,6)106(81)54-69)90(61-95(93)115(118)119(114)116(97)120(131-14)132-15)72-44-50-84-78-32-20-26-38-102(78)126(11,12)109(84)57-72/h16-63H,1-12H3/b112-110+. The number of nitrogens with zero attached hydrogens (tertiary/aromatic N) is 6. The maximum absolute atomic E-state index is 12.4. The lowest BCUT2D eigenvalue weighted by atomic mass is 9.79. The van der Waals surface area contributed by atoms with E-state index in [2.05, 4.69) is 407 Å². The van der Waals surface area contributed by atoms with Crippen LogP contribution in [0.4, 0.5) is 0 Å². The quantitative estimate of drug-likeness (QED) is 0.123. The van der Waals surface area contributed by atoms with E-state index in [-0.39, 0.29) is 22.5 Å². The molecule has 0 amide bonds. The Hall–Kier alpha value is -16.3. The van der Waals surface area contributed by atoms with Crippen LogP contribution in [-0.4, -0.2) is 0 Å². The topological polar surface area (TPSA) is 84.4 Å². The van der Waals surface area contributed by atoms with Crippen LogP contribution >= 0.6 is 0 Å². The van der Waals surface area contributed by atoms with Gasteiger partial charge in [0, 0.05) is 49.2 Å². The van der Waals surface area contributed by atoms with Crippen molar-refractivity contribution in [1.82, 2.24) is 0 Å². The van der Waals surface area contributed by atoms with Crippen LogP contribution in [0.2, 0.25) is 0 Å². The van der Waals surface area contributed by atoms with Crippen LogP contribution in [0.25, 0.3) is 198 Å². The average molecular weight is 1680 g/mol. The first-order valence-electron chi connectivity index (χ1n) is 45.6. The Morgan fingerprint density at radius 2 is 0.424 bits per heavy atom. The summed E-state index contributed by atoms with van der Waals surface area (Å²) in [5.41, 5.74) is 45.5. The molecule has 6 nitrogen and oxygen atoms in total. The highest BCUT2D eigenvalue weighted by molar-refractivity contribution is 6.26. The zero-order valence-corrected chi connectivity index (χ0v) is 75.4. The zero-order chi connectivity index (χ0) is 90.4. The van der Waals surface area contributed by atoms with Gasteiger partial charge in [-0.3, -0.25) is 0 Å². The van der Waals surface area contributed by atoms with E-state index in [0.29, 0.717) is 83.5 Å². The lowest BCUT2D eigenvalue weighted by molar-refractivity contribution is 0.660. The van der Waals surface area contributed by atoms with Gasteiger partial charge in [0.05, 0.1) is 18.2 Å². The number of nitriles is 3. The van der Waals surface area contributed by atoms with Crippen LogP contribution < -0.4 is 0 Å².